The van der Waals surface area contributed by atoms with Gasteiger partial charge in [-0.15, -0.1) is 11.3 Å². The molecular formula is C31H19N3S. The lowest BCUT2D eigenvalue weighted by molar-refractivity contribution is 0.956. The number of imidazole rings is 1. The first-order valence-corrected chi connectivity index (χ1v) is 12.6. The van der Waals surface area contributed by atoms with E-state index in [9.17, 15) is 0 Å². The summed E-state index contributed by atoms with van der Waals surface area (Å²) < 4.78 is 7.25. The predicted octanol–water partition coefficient (Wildman–Crippen LogP) is 8.49. The molecule has 8 aromatic rings. The van der Waals surface area contributed by atoms with Crippen LogP contribution in [0.3, 0.4) is 0 Å². The van der Waals surface area contributed by atoms with Crippen LogP contribution in [0.5, 0.6) is 0 Å². The Morgan fingerprint density at radius 1 is 0.486 bits per heavy atom. The molecule has 0 spiro atoms. The van der Waals surface area contributed by atoms with Crippen LogP contribution in [0.4, 0.5) is 0 Å². The quantitative estimate of drug-likeness (QED) is 0.251. The van der Waals surface area contributed by atoms with E-state index in [1.807, 2.05) is 11.3 Å². The molecule has 0 atom stereocenters. The van der Waals surface area contributed by atoms with Gasteiger partial charge >= 0.3 is 0 Å². The Hall–Kier alpha value is -4.41. The molecule has 0 N–H and O–H groups in total. The highest BCUT2D eigenvalue weighted by atomic mass is 32.1. The van der Waals surface area contributed by atoms with Gasteiger partial charge in [0.25, 0.3) is 0 Å². The van der Waals surface area contributed by atoms with Gasteiger partial charge in [0, 0.05) is 36.6 Å². The molecule has 0 aliphatic heterocycles. The molecule has 164 valence electrons. The molecule has 0 unspecified atom stereocenters. The molecule has 0 aliphatic carbocycles. The third-order valence-corrected chi connectivity index (χ3v) is 8.06. The van der Waals surface area contributed by atoms with Gasteiger partial charge in [-0.25, -0.2) is 4.98 Å². The van der Waals surface area contributed by atoms with Gasteiger partial charge in [0.1, 0.15) is 0 Å². The van der Waals surface area contributed by atoms with Gasteiger partial charge in [-0.1, -0.05) is 66.7 Å². The van der Waals surface area contributed by atoms with Crippen molar-refractivity contribution in [1.29, 1.82) is 0 Å². The van der Waals surface area contributed by atoms with Crippen molar-refractivity contribution in [2.24, 2.45) is 0 Å². The number of para-hydroxylation sites is 4. The molecule has 4 heteroatoms. The van der Waals surface area contributed by atoms with Crippen molar-refractivity contribution in [2.45, 2.75) is 0 Å². The normalized spacial score (nSPS) is 12.0. The minimum absolute atomic E-state index is 0.905. The maximum absolute atomic E-state index is 5.19. The first kappa shape index (κ1) is 19.0. The third-order valence-electron chi connectivity index (χ3n) is 6.93. The monoisotopic (exact) mass is 465 g/mol. The fraction of sp³-hybridized carbons (Fsp3) is 0. The van der Waals surface area contributed by atoms with E-state index in [0.717, 1.165) is 28.2 Å². The topological polar surface area (TPSA) is 22.8 Å². The van der Waals surface area contributed by atoms with Gasteiger partial charge in [-0.05, 0) is 48.5 Å². The molecule has 0 radical (unpaired) electrons. The van der Waals surface area contributed by atoms with E-state index in [1.54, 1.807) is 0 Å². The molecule has 0 bridgehead atoms. The molecule has 8 rings (SSSR count). The van der Waals surface area contributed by atoms with E-state index in [4.69, 9.17) is 4.98 Å². The fourth-order valence-electron chi connectivity index (χ4n) is 5.40. The van der Waals surface area contributed by atoms with Gasteiger partial charge in [-0.2, -0.15) is 0 Å². The molecular weight excluding hydrogens is 446 g/mol. The van der Waals surface area contributed by atoms with E-state index >= 15 is 0 Å². The molecule has 35 heavy (non-hydrogen) atoms. The highest BCUT2D eigenvalue weighted by Gasteiger charge is 2.20. The Balaban J connectivity index is 1.58. The summed E-state index contributed by atoms with van der Waals surface area (Å²) in [7, 11) is 0. The lowest BCUT2D eigenvalue weighted by Gasteiger charge is -2.12. The zero-order chi connectivity index (χ0) is 22.9. The Kier molecular flexibility index (Phi) is 3.82. The molecule has 5 aromatic carbocycles. The van der Waals surface area contributed by atoms with Crippen molar-refractivity contribution in [3.63, 3.8) is 0 Å². The Bertz CT molecular complexity index is 2060. The van der Waals surface area contributed by atoms with Crippen LogP contribution in [0.25, 0.3) is 64.6 Å². The number of aromatic nitrogens is 3. The fourth-order valence-corrected chi connectivity index (χ4v) is 6.52. The Morgan fingerprint density at radius 2 is 1.20 bits per heavy atom. The van der Waals surface area contributed by atoms with Crippen LogP contribution >= 0.6 is 11.3 Å². The van der Waals surface area contributed by atoms with Gasteiger partial charge in [0.05, 0.1) is 22.1 Å². The minimum Gasteiger partial charge on any atom is -0.279 e. The zero-order valence-corrected chi connectivity index (χ0v) is 19.5. The van der Waals surface area contributed by atoms with Crippen LogP contribution in [0.2, 0.25) is 0 Å². The SMILES string of the molecule is c1ccc(-n2c(-n3c4ccccc4c4cc5sc6ccccc6c5cc43)nc3ccccc32)cc1. The van der Waals surface area contributed by atoms with E-state index in [0.29, 0.717) is 0 Å². The van der Waals surface area contributed by atoms with E-state index in [1.165, 1.54) is 36.5 Å². The summed E-state index contributed by atoms with van der Waals surface area (Å²) in [6, 6.07) is 41.0. The Morgan fingerprint density at radius 3 is 2.09 bits per heavy atom. The number of rotatable bonds is 2. The van der Waals surface area contributed by atoms with E-state index < -0.39 is 0 Å². The zero-order valence-electron chi connectivity index (χ0n) is 18.7. The van der Waals surface area contributed by atoms with Crippen molar-refractivity contribution < 1.29 is 0 Å². The summed E-state index contributed by atoms with van der Waals surface area (Å²) in [5, 5.41) is 5.10. The molecule has 3 nitrogen and oxygen atoms in total. The second-order valence-electron chi connectivity index (χ2n) is 8.89. The van der Waals surface area contributed by atoms with Gasteiger partial charge in [0.15, 0.2) is 0 Å². The average molecular weight is 466 g/mol. The van der Waals surface area contributed by atoms with Gasteiger partial charge < -0.3 is 0 Å². The van der Waals surface area contributed by atoms with Crippen molar-refractivity contribution in [1.82, 2.24) is 14.1 Å². The summed E-state index contributed by atoms with van der Waals surface area (Å²) in [6.07, 6.45) is 0. The van der Waals surface area contributed by atoms with Gasteiger partial charge in [0.2, 0.25) is 5.95 Å². The number of benzene rings is 5. The minimum atomic E-state index is 0.905. The van der Waals surface area contributed by atoms with Crippen LogP contribution in [-0.2, 0) is 0 Å². The Labute approximate surface area is 205 Å². The first-order chi connectivity index (χ1) is 17.4. The molecule has 3 heterocycles. The first-order valence-electron chi connectivity index (χ1n) is 11.7. The highest BCUT2D eigenvalue weighted by molar-refractivity contribution is 7.25. The number of hydrogen-bond donors (Lipinski definition) is 0. The number of nitrogens with zero attached hydrogens (tertiary/aromatic N) is 3. The second-order valence-corrected chi connectivity index (χ2v) is 9.97. The number of hydrogen-bond acceptors (Lipinski definition) is 2. The molecule has 0 saturated heterocycles. The molecule has 0 saturated carbocycles. The van der Waals surface area contributed by atoms with Crippen molar-refractivity contribution in [2.75, 3.05) is 0 Å². The lowest BCUT2D eigenvalue weighted by atomic mass is 10.1. The maximum Gasteiger partial charge on any atom is 0.220 e. The summed E-state index contributed by atoms with van der Waals surface area (Å²) >= 11 is 1.86. The average Bonchev–Trinajstić information content (AvgIpc) is 3.57. The van der Waals surface area contributed by atoms with E-state index in [2.05, 4.69) is 124 Å². The molecule has 0 aliphatic rings. The van der Waals surface area contributed by atoms with Crippen LogP contribution in [0, 0.1) is 0 Å². The smallest absolute Gasteiger partial charge is 0.220 e. The molecule has 0 amide bonds. The maximum atomic E-state index is 5.19. The standard InChI is InChI=1S/C31H19N3S/c1-2-10-20(11-3-1)33-27-16-8-6-14-25(27)32-31(33)34-26-15-7-4-12-21(26)23-19-30-24(18-28(23)34)22-13-5-9-17-29(22)35-30/h1-19H. The van der Waals surface area contributed by atoms with Crippen LogP contribution in [0.15, 0.2) is 115 Å². The summed E-state index contributed by atoms with van der Waals surface area (Å²) in [5.41, 5.74) is 5.52. The summed E-state index contributed by atoms with van der Waals surface area (Å²) in [5.74, 6) is 0.905. The van der Waals surface area contributed by atoms with E-state index in [-0.39, 0.29) is 0 Å². The van der Waals surface area contributed by atoms with Crippen LogP contribution in [0.1, 0.15) is 0 Å². The lowest BCUT2D eigenvalue weighted by Crippen LogP contribution is -2.05. The predicted molar refractivity (Wildman–Crippen MR) is 148 cm³/mol. The largest absolute Gasteiger partial charge is 0.279 e. The second kappa shape index (κ2) is 7.05. The number of thiophene rings is 1. The molecule has 3 aromatic heterocycles. The summed E-state index contributed by atoms with van der Waals surface area (Å²) in [6.45, 7) is 0. The van der Waals surface area contributed by atoms with Crippen LogP contribution < -0.4 is 0 Å². The third kappa shape index (κ3) is 2.63. The van der Waals surface area contributed by atoms with Crippen molar-refractivity contribution in [3.05, 3.63) is 115 Å². The van der Waals surface area contributed by atoms with Crippen LogP contribution in [-0.4, -0.2) is 14.1 Å². The van der Waals surface area contributed by atoms with Crippen molar-refractivity contribution >= 4 is 64.3 Å². The van der Waals surface area contributed by atoms with Gasteiger partial charge in [-0.3, -0.25) is 9.13 Å². The summed E-state index contributed by atoms with van der Waals surface area (Å²) in [4.78, 5) is 5.19. The molecule has 0 fully saturated rings. The van der Waals surface area contributed by atoms with Crippen molar-refractivity contribution in [3.8, 4) is 11.6 Å². The highest BCUT2D eigenvalue weighted by Crippen LogP contribution is 2.41. The number of fused-ring (bicyclic) bond motifs is 7.